The summed E-state index contributed by atoms with van der Waals surface area (Å²) < 4.78 is 26.7. The van der Waals surface area contributed by atoms with Crippen LogP contribution in [0.2, 0.25) is 0 Å². The first kappa shape index (κ1) is 14.4. The lowest BCUT2D eigenvalue weighted by Gasteiger charge is -2.18. The first-order valence-corrected chi connectivity index (χ1v) is 6.65. The number of alkyl halides is 2. The molecule has 2 aromatic heterocycles. The van der Waals surface area contributed by atoms with Crippen molar-refractivity contribution in [1.82, 2.24) is 19.9 Å². The summed E-state index contributed by atoms with van der Waals surface area (Å²) >= 11 is 0. The van der Waals surface area contributed by atoms with Crippen molar-refractivity contribution in [2.75, 3.05) is 18.0 Å². The molecule has 1 aliphatic rings. The zero-order valence-corrected chi connectivity index (χ0v) is 11.7. The number of H-pyrrole nitrogens is 2. The Kier molecular flexibility index (Phi) is 3.27. The van der Waals surface area contributed by atoms with Crippen molar-refractivity contribution >= 4 is 5.82 Å². The van der Waals surface area contributed by atoms with Crippen molar-refractivity contribution in [1.29, 1.82) is 0 Å². The highest BCUT2D eigenvalue weighted by Crippen LogP contribution is 2.30. The smallest absolute Gasteiger partial charge is 0.325 e. The highest BCUT2D eigenvalue weighted by atomic mass is 19.3. The lowest BCUT2D eigenvalue weighted by molar-refractivity contribution is 0.0256. The molecule has 1 saturated heterocycles. The maximum Gasteiger partial charge on any atom is 0.325 e. The van der Waals surface area contributed by atoms with Gasteiger partial charge in [0.2, 0.25) is 0 Å². The van der Waals surface area contributed by atoms with Gasteiger partial charge < -0.3 is 9.88 Å². The van der Waals surface area contributed by atoms with E-state index in [-0.39, 0.29) is 24.2 Å². The molecular weight excluding hydrogens is 296 g/mol. The van der Waals surface area contributed by atoms with Crippen LogP contribution in [0.25, 0.3) is 11.3 Å². The Morgan fingerprint density at radius 2 is 2.09 bits per heavy atom. The molecule has 116 valence electrons. The number of aromatic nitrogens is 4. The van der Waals surface area contributed by atoms with Gasteiger partial charge in [-0.05, 0) is 6.92 Å². The van der Waals surface area contributed by atoms with Gasteiger partial charge in [0.25, 0.3) is 11.5 Å². The highest BCUT2D eigenvalue weighted by molar-refractivity contribution is 5.61. The monoisotopic (exact) mass is 309 g/mol. The molecule has 1 fully saturated rings. The van der Waals surface area contributed by atoms with Crippen molar-refractivity contribution < 1.29 is 8.78 Å². The summed E-state index contributed by atoms with van der Waals surface area (Å²) in [5.74, 6) is -2.05. The van der Waals surface area contributed by atoms with E-state index in [9.17, 15) is 18.4 Å². The molecule has 2 aromatic rings. The molecule has 0 aliphatic carbocycles. The number of nitrogens with zero attached hydrogens (tertiary/aromatic N) is 3. The predicted molar refractivity (Wildman–Crippen MR) is 75.2 cm³/mol. The van der Waals surface area contributed by atoms with Crippen molar-refractivity contribution in [3.63, 3.8) is 0 Å². The van der Waals surface area contributed by atoms with E-state index in [0.29, 0.717) is 11.6 Å². The molecule has 7 nitrogen and oxygen atoms in total. The van der Waals surface area contributed by atoms with Crippen molar-refractivity contribution in [3.8, 4) is 11.3 Å². The largest absolute Gasteiger partial charge is 0.350 e. The lowest BCUT2D eigenvalue weighted by atomic mass is 10.2. The SMILES string of the molecule is Cc1nc(-c2c[nH]c(=O)[nH]c2=O)cc(N2CCC(F)(F)C2)n1. The van der Waals surface area contributed by atoms with Gasteiger partial charge in [0.15, 0.2) is 0 Å². The third-order valence-electron chi connectivity index (χ3n) is 3.41. The van der Waals surface area contributed by atoms with Gasteiger partial charge in [-0.2, -0.15) is 0 Å². The normalized spacial score (nSPS) is 17.0. The van der Waals surface area contributed by atoms with Crippen molar-refractivity contribution in [2.45, 2.75) is 19.3 Å². The van der Waals surface area contributed by atoms with Gasteiger partial charge in [0.05, 0.1) is 17.8 Å². The topological polar surface area (TPSA) is 94.7 Å². The van der Waals surface area contributed by atoms with E-state index in [1.807, 2.05) is 0 Å². The Balaban J connectivity index is 2.04. The van der Waals surface area contributed by atoms with Crippen LogP contribution in [0.15, 0.2) is 21.9 Å². The van der Waals surface area contributed by atoms with E-state index in [2.05, 4.69) is 19.9 Å². The predicted octanol–water partition coefficient (Wildman–Crippen LogP) is 0.674. The van der Waals surface area contributed by atoms with Crippen molar-refractivity contribution in [2.24, 2.45) is 0 Å². The average Bonchev–Trinajstić information content (AvgIpc) is 2.78. The van der Waals surface area contributed by atoms with E-state index >= 15 is 0 Å². The maximum absolute atomic E-state index is 13.3. The minimum Gasteiger partial charge on any atom is -0.350 e. The number of aryl methyl sites for hydroxylation is 1. The van der Waals surface area contributed by atoms with Crippen molar-refractivity contribution in [3.05, 3.63) is 38.9 Å². The Hall–Kier alpha value is -2.58. The molecule has 0 spiro atoms. The van der Waals surface area contributed by atoms with Gasteiger partial charge >= 0.3 is 5.69 Å². The van der Waals surface area contributed by atoms with E-state index in [1.165, 1.54) is 17.2 Å². The lowest BCUT2D eigenvalue weighted by Crippen LogP contribution is -2.26. The first-order valence-electron chi connectivity index (χ1n) is 6.65. The first-order chi connectivity index (χ1) is 10.3. The summed E-state index contributed by atoms with van der Waals surface area (Å²) in [6.07, 6.45) is 1.01. The molecular formula is C13H13F2N5O2. The Morgan fingerprint density at radius 1 is 1.32 bits per heavy atom. The van der Waals surface area contributed by atoms with Crippen LogP contribution in [0.5, 0.6) is 0 Å². The second-order valence-corrected chi connectivity index (χ2v) is 5.17. The molecule has 0 aromatic carbocycles. The van der Waals surface area contributed by atoms with Gasteiger partial charge in [-0.3, -0.25) is 9.78 Å². The summed E-state index contributed by atoms with van der Waals surface area (Å²) in [4.78, 5) is 37.1. The number of halogens is 2. The van der Waals surface area contributed by atoms with Crippen LogP contribution in [0.1, 0.15) is 12.2 Å². The quantitative estimate of drug-likeness (QED) is 0.850. The molecule has 22 heavy (non-hydrogen) atoms. The Labute approximate surface area is 123 Å². The molecule has 3 heterocycles. The van der Waals surface area contributed by atoms with E-state index in [0.717, 1.165) is 0 Å². The number of nitrogens with one attached hydrogen (secondary N) is 2. The Morgan fingerprint density at radius 3 is 2.73 bits per heavy atom. The molecule has 0 radical (unpaired) electrons. The standard InChI is InChI=1S/C13H13F2N5O2/c1-7-17-9(8-5-16-12(22)19-11(8)21)4-10(18-7)20-3-2-13(14,15)6-20/h4-5H,2-3,6H2,1H3,(H2,16,19,21,22). The van der Waals surface area contributed by atoms with Gasteiger partial charge in [-0.25, -0.2) is 23.5 Å². The molecule has 9 heteroatoms. The number of aromatic amines is 2. The molecule has 0 atom stereocenters. The van der Waals surface area contributed by atoms with Crippen LogP contribution in [0, 0.1) is 6.92 Å². The second-order valence-electron chi connectivity index (χ2n) is 5.17. The van der Waals surface area contributed by atoms with E-state index < -0.39 is 23.7 Å². The van der Waals surface area contributed by atoms with Crippen LogP contribution in [-0.2, 0) is 0 Å². The third-order valence-corrected chi connectivity index (χ3v) is 3.41. The maximum atomic E-state index is 13.3. The molecule has 0 bridgehead atoms. The Bertz CT molecular complexity index is 830. The average molecular weight is 309 g/mol. The van der Waals surface area contributed by atoms with Crippen LogP contribution in [0.3, 0.4) is 0 Å². The van der Waals surface area contributed by atoms with Crippen LogP contribution in [-0.4, -0.2) is 38.9 Å². The number of hydrogen-bond donors (Lipinski definition) is 2. The van der Waals surface area contributed by atoms with E-state index in [1.54, 1.807) is 6.92 Å². The summed E-state index contributed by atoms with van der Waals surface area (Å²) in [6.45, 7) is 1.39. The van der Waals surface area contributed by atoms with Crippen LogP contribution >= 0.6 is 0 Å². The summed E-state index contributed by atoms with van der Waals surface area (Å²) in [7, 11) is 0. The number of hydrogen-bond acceptors (Lipinski definition) is 5. The third kappa shape index (κ3) is 2.74. The molecule has 3 rings (SSSR count). The molecule has 0 unspecified atom stereocenters. The second kappa shape index (κ2) is 5.00. The minimum atomic E-state index is -2.74. The molecule has 1 aliphatic heterocycles. The number of rotatable bonds is 2. The zero-order valence-electron chi connectivity index (χ0n) is 11.7. The summed E-state index contributed by atoms with van der Waals surface area (Å²) in [5.41, 5.74) is -0.800. The molecule has 0 saturated carbocycles. The fourth-order valence-electron chi connectivity index (χ4n) is 2.38. The fourth-order valence-corrected chi connectivity index (χ4v) is 2.38. The van der Waals surface area contributed by atoms with Gasteiger partial charge in [-0.15, -0.1) is 0 Å². The van der Waals surface area contributed by atoms with Gasteiger partial charge in [0, 0.05) is 25.2 Å². The zero-order chi connectivity index (χ0) is 15.9. The fraction of sp³-hybridized carbons (Fsp3) is 0.385. The van der Waals surface area contributed by atoms with Crippen LogP contribution < -0.4 is 16.1 Å². The van der Waals surface area contributed by atoms with Gasteiger partial charge in [-0.1, -0.05) is 0 Å². The van der Waals surface area contributed by atoms with Crippen LogP contribution in [0.4, 0.5) is 14.6 Å². The minimum absolute atomic E-state index is 0.150. The molecule has 0 amide bonds. The highest BCUT2D eigenvalue weighted by Gasteiger charge is 2.38. The molecule has 2 N–H and O–H groups in total. The van der Waals surface area contributed by atoms with Gasteiger partial charge in [0.1, 0.15) is 11.6 Å². The number of anilines is 1. The summed E-state index contributed by atoms with van der Waals surface area (Å²) in [6, 6.07) is 1.47. The van der Waals surface area contributed by atoms with E-state index in [4.69, 9.17) is 0 Å². The summed E-state index contributed by atoms with van der Waals surface area (Å²) in [5, 5.41) is 0.